The van der Waals surface area contributed by atoms with Gasteiger partial charge in [0.2, 0.25) is 0 Å². The Morgan fingerprint density at radius 2 is 2.56 bits per heavy atom. The van der Waals surface area contributed by atoms with Crippen LogP contribution in [0.1, 0.15) is 5.37 Å². The minimum absolute atomic E-state index is 0.174. The van der Waals surface area contributed by atoms with Crippen molar-refractivity contribution in [2.45, 2.75) is 5.37 Å². The van der Waals surface area contributed by atoms with Gasteiger partial charge in [-0.05, 0) is 0 Å². The Balaban J connectivity index is 2.76. The first-order valence-corrected chi connectivity index (χ1v) is 2.94. The maximum atomic E-state index is 4.90. The molecule has 0 spiro atoms. The fourth-order valence-corrected chi connectivity index (χ4v) is 0.566. The molecule has 1 radical (unpaired) electrons. The van der Waals surface area contributed by atoms with Crippen molar-refractivity contribution in [1.82, 2.24) is 14.8 Å². The van der Waals surface area contributed by atoms with Crippen LogP contribution in [-0.2, 0) is 0 Å². The average molecular weight is 140 g/mol. The lowest BCUT2D eigenvalue weighted by atomic mass is 10.6. The molecular formula is C5H6N3S. The van der Waals surface area contributed by atoms with Crippen molar-refractivity contribution in [1.29, 1.82) is 0 Å². The van der Waals surface area contributed by atoms with Crippen LogP contribution >= 0.6 is 12.6 Å². The number of hydrogen-bond acceptors (Lipinski definition) is 2. The number of rotatable bonds is 2. The molecule has 0 saturated carbocycles. The van der Waals surface area contributed by atoms with Gasteiger partial charge in [-0.3, -0.25) is 0 Å². The first-order chi connectivity index (χ1) is 4.34. The lowest BCUT2D eigenvalue weighted by molar-refractivity contribution is 0.688. The van der Waals surface area contributed by atoms with E-state index in [1.54, 1.807) is 17.1 Å². The van der Waals surface area contributed by atoms with Crippen molar-refractivity contribution >= 4 is 12.6 Å². The highest BCUT2D eigenvalue weighted by Gasteiger charge is 1.97. The van der Waals surface area contributed by atoms with E-state index >= 15 is 0 Å². The molecule has 3 nitrogen and oxygen atoms in total. The van der Waals surface area contributed by atoms with Crippen LogP contribution in [0.3, 0.4) is 0 Å². The van der Waals surface area contributed by atoms with Crippen molar-refractivity contribution in [2.75, 3.05) is 0 Å². The van der Waals surface area contributed by atoms with E-state index < -0.39 is 0 Å². The van der Waals surface area contributed by atoms with Crippen molar-refractivity contribution in [3.05, 3.63) is 25.3 Å². The Kier molecular flexibility index (Phi) is 1.89. The number of nitrogens with zero attached hydrogens (tertiary/aromatic N) is 3. The predicted molar refractivity (Wildman–Crippen MR) is 36.8 cm³/mol. The molecule has 0 bridgehead atoms. The Bertz CT molecular complexity index is 182. The van der Waals surface area contributed by atoms with Gasteiger partial charge in [0, 0.05) is 0 Å². The summed E-state index contributed by atoms with van der Waals surface area (Å²) in [5, 5.41) is 3.64. The highest BCUT2D eigenvalue weighted by Crippen LogP contribution is 2.07. The average Bonchev–Trinajstić information content (AvgIpc) is 2.37. The predicted octanol–water partition coefficient (Wildman–Crippen LogP) is 1.16. The number of hydrogen-bond donors (Lipinski definition) is 0. The fraction of sp³-hybridized carbons (Fsp3) is 0.200. The van der Waals surface area contributed by atoms with Crippen LogP contribution in [0.5, 0.6) is 0 Å². The second-order valence-electron chi connectivity index (χ2n) is 1.50. The molecule has 1 rings (SSSR count). The van der Waals surface area contributed by atoms with Gasteiger partial charge in [0.25, 0.3) is 0 Å². The van der Waals surface area contributed by atoms with Gasteiger partial charge >= 0.3 is 0 Å². The van der Waals surface area contributed by atoms with E-state index in [1.165, 1.54) is 6.33 Å². The lowest BCUT2D eigenvalue weighted by Gasteiger charge is -2.00. The van der Waals surface area contributed by atoms with E-state index in [0.717, 1.165) is 0 Å². The molecule has 0 aromatic carbocycles. The summed E-state index contributed by atoms with van der Waals surface area (Å²) in [6.07, 6.45) is 4.64. The minimum atomic E-state index is -0.174. The van der Waals surface area contributed by atoms with Gasteiger partial charge in [0.15, 0.2) is 0 Å². The van der Waals surface area contributed by atoms with E-state index in [9.17, 15) is 0 Å². The summed E-state index contributed by atoms with van der Waals surface area (Å²) in [7, 11) is 0. The third-order valence-corrected chi connectivity index (χ3v) is 1.31. The van der Waals surface area contributed by atoms with Crippen LogP contribution in [-0.4, -0.2) is 14.8 Å². The first-order valence-electron chi connectivity index (χ1n) is 2.47. The SMILES string of the molecule is C=CC([S])n1cncn1. The molecule has 47 valence electrons. The van der Waals surface area contributed by atoms with Gasteiger partial charge in [0.1, 0.15) is 18.0 Å². The largest absolute Gasteiger partial charge is 0.235 e. The molecule has 0 N–H and O–H groups in total. The summed E-state index contributed by atoms with van der Waals surface area (Å²) in [5.74, 6) is 0. The Labute approximate surface area is 58.8 Å². The summed E-state index contributed by atoms with van der Waals surface area (Å²) in [5.41, 5.74) is 0. The van der Waals surface area contributed by atoms with Crippen molar-refractivity contribution < 1.29 is 0 Å². The van der Waals surface area contributed by atoms with E-state index in [4.69, 9.17) is 12.6 Å². The van der Waals surface area contributed by atoms with Gasteiger partial charge in [-0.25, -0.2) is 9.67 Å². The molecule has 0 amide bonds. The molecule has 1 atom stereocenters. The zero-order valence-electron chi connectivity index (χ0n) is 4.77. The van der Waals surface area contributed by atoms with Crippen molar-refractivity contribution in [3.8, 4) is 0 Å². The summed E-state index contributed by atoms with van der Waals surface area (Å²) in [4.78, 5) is 3.73. The summed E-state index contributed by atoms with van der Waals surface area (Å²) < 4.78 is 1.56. The quantitative estimate of drug-likeness (QED) is 0.577. The lowest BCUT2D eigenvalue weighted by Crippen LogP contribution is -1.98. The van der Waals surface area contributed by atoms with Gasteiger partial charge < -0.3 is 0 Å². The zero-order valence-corrected chi connectivity index (χ0v) is 5.58. The van der Waals surface area contributed by atoms with Crippen LogP contribution in [0, 0.1) is 0 Å². The van der Waals surface area contributed by atoms with Crippen LogP contribution in [0.25, 0.3) is 0 Å². The molecular weight excluding hydrogens is 134 g/mol. The number of aromatic nitrogens is 3. The van der Waals surface area contributed by atoms with E-state index in [1.807, 2.05) is 0 Å². The highest BCUT2D eigenvalue weighted by atomic mass is 32.1. The fourth-order valence-electron chi connectivity index (χ4n) is 0.457. The van der Waals surface area contributed by atoms with Gasteiger partial charge in [-0.2, -0.15) is 5.10 Å². The molecule has 9 heavy (non-hydrogen) atoms. The molecule has 4 heteroatoms. The highest BCUT2D eigenvalue weighted by molar-refractivity contribution is 7.80. The molecule has 0 aliphatic rings. The smallest absolute Gasteiger partial charge is 0.137 e. The molecule has 1 aromatic rings. The minimum Gasteiger partial charge on any atom is -0.235 e. The molecule has 0 fully saturated rings. The van der Waals surface area contributed by atoms with E-state index in [0.29, 0.717) is 0 Å². The van der Waals surface area contributed by atoms with Crippen molar-refractivity contribution in [2.24, 2.45) is 0 Å². The molecule has 1 heterocycles. The Hall–Kier alpha value is -0.770. The van der Waals surface area contributed by atoms with Crippen LogP contribution in [0.2, 0.25) is 0 Å². The molecule has 0 aliphatic heterocycles. The molecule has 1 unspecified atom stereocenters. The zero-order chi connectivity index (χ0) is 6.69. The van der Waals surface area contributed by atoms with Gasteiger partial charge in [-0.15, -0.1) is 6.58 Å². The van der Waals surface area contributed by atoms with Crippen LogP contribution in [0.15, 0.2) is 25.3 Å². The van der Waals surface area contributed by atoms with Crippen LogP contribution < -0.4 is 0 Å². The molecule has 0 saturated heterocycles. The summed E-state index contributed by atoms with van der Waals surface area (Å²) in [6.45, 7) is 3.52. The van der Waals surface area contributed by atoms with Gasteiger partial charge in [0.05, 0.1) is 0 Å². The molecule has 1 aromatic heterocycles. The maximum absolute atomic E-state index is 4.90. The summed E-state index contributed by atoms with van der Waals surface area (Å²) >= 11 is 4.90. The third-order valence-electron chi connectivity index (χ3n) is 0.899. The topological polar surface area (TPSA) is 30.7 Å². The van der Waals surface area contributed by atoms with Crippen molar-refractivity contribution in [3.63, 3.8) is 0 Å². The second-order valence-corrected chi connectivity index (χ2v) is 1.98. The van der Waals surface area contributed by atoms with Crippen LogP contribution in [0.4, 0.5) is 0 Å². The Morgan fingerprint density at radius 3 is 3.00 bits per heavy atom. The normalized spacial score (nSPS) is 13.0. The van der Waals surface area contributed by atoms with Gasteiger partial charge in [-0.1, -0.05) is 18.7 Å². The second kappa shape index (κ2) is 2.68. The Morgan fingerprint density at radius 1 is 1.78 bits per heavy atom. The first kappa shape index (κ1) is 6.35. The molecule has 0 aliphatic carbocycles. The summed E-state index contributed by atoms with van der Waals surface area (Å²) in [6, 6.07) is 0. The standard InChI is InChI=1S/C5H6N3S/c1-2-5(9)8-4-6-3-7-8/h2-5H,1H2. The monoisotopic (exact) mass is 140 g/mol. The maximum Gasteiger partial charge on any atom is 0.137 e. The van der Waals surface area contributed by atoms with E-state index in [2.05, 4.69) is 16.7 Å². The third kappa shape index (κ3) is 1.32. The van der Waals surface area contributed by atoms with E-state index in [-0.39, 0.29) is 5.37 Å².